The molecule has 0 aliphatic rings. The molecule has 3 aromatic heterocycles. The molecular formula is C20H17N3O4. The summed E-state index contributed by atoms with van der Waals surface area (Å²) in [4.78, 5) is 17.3. The zero-order valence-electron chi connectivity index (χ0n) is 14.9. The van der Waals surface area contributed by atoms with E-state index in [9.17, 15) is 4.79 Å². The Morgan fingerprint density at radius 2 is 2.04 bits per heavy atom. The number of anilines is 1. The Balaban J connectivity index is 1.71. The van der Waals surface area contributed by atoms with Crippen LogP contribution in [-0.4, -0.2) is 22.7 Å². The van der Waals surface area contributed by atoms with Crippen LogP contribution in [0, 0.1) is 6.92 Å². The van der Waals surface area contributed by atoms with Crippen molar-refractivity contribution in [2.75, 3.05) is 11.9 Å². The van der Waals surface area contributed by atoms with Crippen LogP contribution in [0.5, 0.6) is 5.75 Å². The highest BCUT2D eigenvalue weighted by atomic mass is 16.5. The van der Waals surface area contributed by atoms with Gasteiger partial charge in [-0.25, -0.2) is 4.98 Å². The number of pyridine rings is 1. The van der Waals surface area contributed by atoms with Gasteiger partial charge in [-0.2, -0.15) is 0 Å². The molecule has 4 aromatic rings. The van der Waals surface area contributed by atoms with Gasteiger partial charge in [-0.05, 0) is 56.3 Å². The van der Waals surface area contributed by atoms with E-state index in [4.69, 9.17) is 13.7 Å². The van der Waals surface area contributed by atoms with Crippen LogP contribution in [0.4, 0.5) is 5.69 Å². The summed E-state index contributed by atoms with van der Waals surface area (Å²) in [6.45, 7) is 4.28. The highest BCUT2D eigenvalue weighted by molar-refractivity contribution is 6.12. The minimum absolute atomic E-state index is 0.286. The molecule has 0 spiro atoms. The number of benzene rings is 1. The van der Waals surface area contributed by atoms with Crippen molar-refractivity contribution in [1.29, 1.82) is 0 Å². The molecule has 0 fully saturated rings. The van der Waals surface area contributed by atoms with Crippen molar-refractivity contribution in [2.45, 2.75) is 13.8 Å². The van der Waals surface area contributed by atoms with Crippen molar-refractivity contribution in [3.63, 3.8) is 0 Å². The Bertz CT molecular complexity index is 1080. The molecule has 0 atom stereocenters. The quantitative estimate of drug-likeness (QED) is 0.564. The third kappa shape index (κ3) is 3.27. The van der Waals surface area contributed by atoms with Crippen molar-refractivity contribution in [1.82, 2.24) is 10.1 Å². The molecular weight excluding hydrogens is 346 g/mol. The molecule has 0 unspecified atom stereocenters. The first-order valence-electron chi connectivity index (χ1n) is 8.51. The molecule has 136 valence electrons. The van der Waals surface area contributed by atoms with E-state index in [0.29, 0.717) is 46.1 Å². The van der Waals surface area contributed by atoms with Gasteiger partial charge in [-0.3, -0.25) is 4.79 Å². The van der Waals surface area contributed by atoms with Crippen LogP contribution < -0.4 is 10.1 Å². The number of hydrogen-bond donors (Lipinski definition) is 1. The Morgan fingerprint density at radius 1 is 1.22 bits per heavy atom. The van der Waals surface area contributed by atoms with Crippen molar-refractivity contribution in [2.24, 2.45) is 0 Å². The normalized spacial score (nSPS) is 10.9. The molecule has 0 bridgehead atoms. The van der Waals surface area contributed by atoms with Gasteiger partial charge in [0.2, 0.25) is 0 Å². The number of furan rings is 1. The molecule has 1 aromatic carbocycles. The molecule has 1 N–H and O–H groups in total. The lowest BCUT2D eigenvalue weighted by Gasteiger charge is -2.08. The van der Waals surface area contributed by atoms with Crippen LogP contribution in [0.3, 0.4) is 0 Å². The maximum absolute atomic E-state index is 12.9. The molecule has 3 heterocycles. The number of fused-ring (bicyclic) bond motifs is 1. The van der Waals surface area contributed by atoms with E-state index in [0.717, 1.165) is 5.75 Å². The number of carbonyl (C=O) groups excluding carboxylic acids is 1. The van der Waals surface area contributed by atoms with Crippen LogP contribution in [0.15, 0.2) is 57.7 Å². The maximum atomic E-state index is 12.9. The van der Waals surface area contributed by atoms with E-state index in [2.05, 4.69) is 15.5 Å². The van der Waals surface area contributed by atoms with Gasteiger partial charge in [0, 0.05) is 5.69 Å². The SMILES string of the molecule is CCOc1ccc(NC(=O)c2cc(-c3ccco3)nc3onc(C)c23)cc1. The Morgan fingerprint density at radius 3 is 2.74 bits per heavy atom. The summed E-state index contributed by atoms with van der Waals surface area (Å²) >= 11 is 0. The summed E-state index contributed by atoms with van der Waals surface area (Å²) in [5.74, 6) is 1.00. The number of nitrogens with one attached hydrogen (secondary N) is 1. The molecule has 0 aliphatic heterocycles. The lowest BCUT2D eigenvalue weighted by atomic mass is 10.1. The standard InChI is InChI=1S/C20H17N3O4/c1-3-25-14-8-6-13(7-9-14)21-19(24)15-11-16(17-5-4-10-26-17)22-20-18(15)12(2)23-27-20/h4-11H,3H2,1-2H3,(H,21,24). The molecule has 27 heavy (non-hydrogen) atoms. The predicted molar refractivity (Wildman–Crippen MR) is 99.8 cm³/mol. The lowest BCUT2D eigenvalue weighted by molar-refractivity contribution is 0.102. The Labute approximate surface area is 154 Å². The smallest absolute Gasteiger partial charge is 0.259 e. The van der Waals surface area contributed by atoms with E-state index in [1.165, 1.54) is 0 Å². The summed E-state index contributed by atoms with van der Waals surface area (Å²) in [5, 5.41) is 7.40. The molecule has 0 saturated carbocycles. The number of ether oxygens (including phenoxy) is 1. The zero-order chi connectivity index (χ0) is 18.8. The van der Waals surface area contributed by atoms with Crippen LogP contribution in [-0.2, 0) is 0 Å². The third-order valence-electron chi connectivity index (χ3n) is 4.06. The number of nitrogens with zero attached hydrogens (tertiary/aromatic N) is 2. The maximum Gasteiger partial charge on any atom is 0.259 e. The fraction of sp³-hybridized carbons (Fsp3) is 0.150. The zero-order valence-corrected chi connectivity index (χ0v) is 14.9. The summed E-state index contributed by atoms with van der Waals surface area (Å²) < 4.78 is 16.1. The van der Waals surface area contributed by atoms with Crippen LogP contribution in [0.1, 0.15) is 23.0 Å². The number of carbonyl (C=O) groups is 1. The van der Waals surface area contributed by atoms with Crippen LogP contribution in [0.25, 0.3) is 22.6 Å². The number of hydrogen-bond acceptors (Lipinski definition) is 6. The largest absolute Gasteiger partial charge is 0.494 e. The summed E-state index contributed by atoms with van der Waals surface area (Å²) in [7, 11) is 0. The molecule has 1 amide bonds. The fourth-order valence-electron chi connectivity index (χ4n) is 2.82. The highest BCUT2D eigenvalue weighted by Crippen LogP contribution is 2.28. The summed E-state index contributed by atoms with van der Waals surface area (Å²) in [6, 6.07) is 12.4. The highest BCUT2D eigenvalue weighted by Gasteiger charge is 2.20. The molecule has 0 radical (unpaired) electrons. The van der Waals surface area contributed by atoms with Gasteiger partial charge >= 0.3 is 0 Å². The van der Waals surface area contributed by atoms with Crippen molar-refractivity contribution in [3.05, 3.63) is 60.0 Å². The molecule has 0 aliphatic carbocycles. The van der Waals surface area contributed by atoms with Gasteiger partial charge in [0.05, 0.1) is 29.5 Å². The number of amides is 1. The number of aryl methyl sites for hydroxylation is 1. The van der Waals surface area contributed by atoms with Crippen molar-refractivity contribution < 1.29 is 18.5 Å². The van der Waals surface area contributed by atoms with E-state index < -0.39 is 0 Å². The van der Waals surface area contributed by atoms with Gasteiger partial charge in [-0.15, -0.1) is 0 Å². The average Bonchev–Trinajstić information content (AvgIpc) is 3.33. The first kappa shape index (κ1) is 16.8. The molecule has 4 rings (SSSR count). The van der Waals surface area contributed by atoms with E-state index in [1.54, 1.807) is 55.7 Å². The van der Waals surface area contributed by atoms with Gasteiger partial charge in [0.15, 0.2) is 5.76 Å². The lowest BCUT2D eigenvalue weighted by Crippen LogP contribution is -2.13. The second kappa shape index (κ2) is 6.95. The molecule has 0 saturated heterocycles. The number of aromatic nitrogens is 2. The van der Waals surface area contributed by atoms with Gasteiger partial charge < -0.3 is 19.0 Å². The van der Waals surface area contributed by atoms with Gasteiger partial charge in [-0.1, -0.05) is 5.16 Å². The van der Waals surface area contributed by atoms with E-state index >= 15 is 0 Å². The third-order valence-corrected chi connectivity index (χ3v) is 4.06. The van der Waals surface area contributed by atoms with E-state index in [1.807, 2.05) is 6.92 Å². The minimum atomic E-state index is -0.286. The van der Waals surface area contributed by atoms with Gasteiger partial charge in [0.25, 0.3) is 11.6 Å². The Hall–Kier alpha value is -3.61. The predicted octanol–water partition coefficient (Wildman–Crippen LogP) is 4.44. The monoisotopic (exact) mass is 363 g/mol. The van der Waals surface area contributed by atoms with Crippen LogP contribution >= 0.6 is 0 Å². The fourth-order valence-corrected chi connectivity index (χ4v) is 2.82. The molecule has 7 nitrogen and oxygen atoms in total. The average molecular weight is 363 g/mol. The van der Waals surface area contributed by atoms with E-state index in [-0.39, 0.29) is 5.91 Å². The Kier molecular flexibility index (Phi) is 4.33. The first-order chi connectivity index (χ1) is 13.2. The second-order valence-electron chi connectivity index (χ2n) is 5.89. The summed E-state index contributed by atoms with van der Waals surface area (Å²) in [6.07, 6.45) is 1.55. The van der Waals surface area contributed by atoms with Gasteiger partial charge in [0.1, 0.15) is 11.4 Å². The summed E-state index contributed by atoms with van der Waals surface area (Å²) in [5.41, 5.74) is 2.46. The number of rotatable bonds is 5. The molecule has 7 heteroatoms. The second-order valence-corrected chi connectivity index (χ2v) is 5.89. The van der Waals surface area contributed by atoms with Crippen LogP contribution in [0.2, 0.25) is 0 Å². The van der Waals surface area contributed by atoms with Crippen molar-refractivity contribution in [3.8, 4) is 17.2 Å². The first-order valence-corrected chi connectivity index (χ1v) is 8.51. The minimum Gasteiger partial charge on any atom is -0.494 e. The topological polar surface area (TPSA) is 90.4 Å². The van der Waals surface area contributed by atoms with Crippen molar-refractivity contribution >= 4 is 22.7 Å².